The average Bonchev–Trinajstić information content (AvgIpc) is 2.54. The quantitative estimate of drug-likeness (QED) is 0.477. The third-order valence-electron chi connectivity index (χ3n) is 6.93. The highest BCUT2D eigenvalue weighted by Crippen LogP contribution is 2.69. The Balaban J connectivity index is 1.56. The maximum atomic E-state index is 11.3. The molecule has 1 heterocycles. The van der Waals surface area contributed by atoms with Crippen molar-refractivity contribution >= 4 is 5.97 Å². The summed E-state index contributed by atoms with van der Waals surface area (Å²) in [5.41, 5.74) is 0.455. The summed E-state index contributed by atoms with van der Waals surface area (Å²) in [5, 5.41) is 0. The van der Waals surface area contributed by atoms with Crippen LogP contribution in [0.2, 0.25) is 0 Å². The smallest absolute Gasteiger partial charge is 0.308 e. The number of methoxy groups -OCH3 is 1. The number of hydrogen-bond donors (Lipinski definition) is 0. The Morgan fingerprint density at radius 3 is 2.28 bits per heavy atom. The van der Waals surface area contributed by atoms with Gasteiger partial charge in [-0.25, -0.2) is 4.89 Å². The second kappa shape index (κ2) is 5.29. The molecule has 0 aromatic heterocycles. The average molecular weight is 344 g/mol. The summed E-state index contributed by atoms with van der Waals surface area (Å²) < 4.78 is 11.3. The molecular weight excluding hydrogens is 320 g/mol. The molecule has 4 bridgehead atoms. The van der Waals surface area contributed by atoms with E-state index >= 15 is 0 Å². The number of benzene rings is 1. The zero-order valence-electron chi connectivity index (χ0n) is 14.7. The molecule has 4 aliphatic carbocycles. The highest BCUT2D eigenvalue weighted by atomic mass is 17.3. The number of carbonyl (C=O) groups excluding carboxylic acids is 1. The van der Waals surface area contributed by atoms with Crippen LogP contribution in [0.4, 0.5) is 0 Å². The van der Waals surface area contributed by atoms with Gasteiger partial charge in [-0.3, -0.25) is 4.79 Å². The summed E-state index contributed by atoms with van der Waals surface area (Å²) in [6.45, 7) is 1.40. The lowest BCUT2D eigenvalue weighted by molar-refractivity contribution is -0.645. The van der Waals surface area contributed by atoms with Gasteiger partial charge in [0.1, 0.15) is 5.75 Å². The van der Waals surface area contributed by atoms with E-state index in [1.54, 1.807) is 13.2 Å². The van der Waals surface area contributed by atoms with Crippen molar-refractivity contribution in [2.24, 2.45) is 23.7 Å². The highest BCUT2D eigenvalue weighted by Gasteiger charge is 2.76. The number of ether oxygens (including phenoxy) is 2. The molecule has 5 nitrogen and oxygen atoms in total. The van der Waals surface area contributed by atoms with Crippen molar-refractivity contribution in [1.29, 1.82) is 0 Å². The van der Waals surface area contributed by atoms with Crippen LogP contribution in [0.15, 0.2) is 24.3 Å². The molecule has 1 spiro atoms. The summed E-state index contributed by atoms with van der Waals surface area (Å²) in [6, 6.07) is 7.48. The molecule has 1 aliphatic heterocycles. The Kier molecular flexibility index (Phi) is 3.34. The molecule has 6 rings (SSSR count). The molecular formula is C20H24O5. The normalized spacial score (nSPS) is 43.9. The van der Waals surface area contributed by atoms with Gasteiger partial charge in [0.15, 0.2) is 5.60 Å². The zero-order chi connectivity index (χ0) is 17.2. The van der Waals surface area contributed by atoms with Crippen LogP contribution in [0.1, 0.15) is 44.6 Å². The van der Waals surface area contributed by atoms with Gasteiger partial charge in [0.25, 0.3) is 5.79 Å². The Bertz CT molecular complexity index is 682. The first-order chi connectivity index (χ1) is 12.1. The van der Waals surface area contributed by atoms with E-state index in [-0.39, 0.29) is 5.97 Å². The molecule has 5 fully saturated rings. The molecule has 1 aromatic carbocycles. The molecule has 0 radical (unpaired) electrons. The fourth-order valence-corrected chi connectivity index (χ4v) is 6.29. The topological polar surface area (TPSA) is 54.0 Å². The van der Waals surface area contributed by atoms with Crippen molar-refractivity contribution in [3.05, 3.63) is 29.8 Å². The molecule has 134 valence electrons. The largest absolute Gasteiger partial charge is 0.427 e. The SMILES string of the molecule is COC1(c2cccc(OC(C)=O)c2)OOC12C1CC3CC(C1)CC2C3. The summed E-state index contributed by atoms with van der Waals surface area (Å²) >= 11 is 0. The van der Waals surface area contributed by atoms with E-state index in [0.717, 1.165) is 17.4 Å². The van der Waals surface area contributed by atoms with E-state index in [4.69, 9.17) is 19.2 Å². The van der Waals surface area contributed by atoms with Gasteiger partial charge < -0.3 is 9.47 Å². The minimum Gasteiger partial charge on any atom is -0.427 e. The van der Waals surface area contributed by atoms with Gasteiger partial charge in [0, 0.05) is 19.6 Å². The molecule has 0 N–H and O–H groups in total. The Morgan fingerprint density at radius 1 is 1.08 bits per heavy atom. The predicted molar refractivity (Wildman–Crippen MR) is 88.4 cm³/mol. The number of esters is 1. The molecule has 1 unspecified atom stereocenters. The van der Waals surface area contributed by atoms with Crippen molar-refractivity contribution in [3.8, 4) is 5.75 Å². The van der Waals surface area contributed by atoms with Crippen molar-refractivity contribution in [1.82, 2.24) is 0 Å². The number of carbonyl (C=O) groups is 1. The number of hydrogen-bond acceptors (Lipinski definition) is 5. The molecule has 0 amide bonds. The number of rotatable bonds is 3. The van der Waals surface area contributed by atoms with Crippen LogP contribution in [-0.2, 0) is 25.1 Å². The van der Waals surface area contributed by atoms with Crippen molar-refractivity contribution < 1.29 is 24.0 Å². The maximum absolute atomic E-state index is 11.3. The van der Waals surface area contributed by atoms with Crippen LogP contribution < -0.4 is 4.74 Å². The molecule has 4 saturated carbocycles. The minimum atomic E-state index is -0.911. The lowest BCUT2D eigenvalue weighted by atomic mass is 9.47. The second-order valence-corrected chi connectivity index (χ2v) is 8.21. The highest BCUT2D eigenvalue weighted by molar-refractivity contribution is 5.69. The zero-order valence-corrected chi connectivity index (χ0v) is 14.7. The van der Waals surface area contributed by atoms with Gasteiger partial charge in [0.05, 0.1) is 0 Å². The van der Waals surface area contributed by atoms with E-state index in [1.807, 2.05) is 18.2 Å². The fraction of sp³-hybridized carbons (Fsp3) is 0.650. The van der Waals surface area contributed by atoms with Gasteiger partial charge in [-0.1, -0.05) is 12.1 Å². The minimum absolute atomic E-state index is 0.335. The predicted octanol–water partition coefficient (Wildman–Crippen LogP) is 3.57. The van der Waals surface area contributed by atoms with E-state index in [2.05, 4.69) is 0 Å². The third kappa shape index (κ3) is 1.97. The second-order valence-electron chi connectivity index (χ2n) is 8.21. The van der Waals surface area contributed by atoms with Gasteiger partial charge in [-0.2, -0.15) is 4.89 Å². The molecule has 1 aromatic rings. The Labute approximate surface area is 147 Å². The van der Waals surface area contributed by atoms with E-state index in [9.17, 15) is 4.79 Å². The lowest BCUT2D eigenvalue weighted by Crippen LogP contribution is -2.76. The monoisotopic (exact) mass is 344 g/mol. The van der Waals surface area contributed by atoms with Gasteiger partial charge in [0.2, 0.25) is 0 Å². The molecule has 5 aliphatic rings. The first-order valence-corrected chi connectivity index (χ1v) is 9.28. The molecule has 5 heteroatoms. The lowest BCUT2D eigenvalue weighted by Gasteiger charge is -2.68. The van der Waals surface area contributed by atoms with Crippen LogP contribution in [0.25, 0.3) is 0 Å². The summed E-state index contributed by atoms with van der Waals surface area (Å²) in [4.78, 5) is 23.0. The first kappa shape index (κ1) is 15.8. The third-order valence-corrected chi connectivity index (χ3v) is 6.93. The van der Waals surface area contributed by atoms with Gasteiger partial charge >= 0.3 is 5.97 Å². The van der Waals surface area contributed by atoms with Crippen LogP contribution >= 0.6 is 0 Å². The van der Waals surface area contributed by atoms with Crippen molar-refractivity contribution in [2.45, 2.75) is 50.4 Å². The van der Waals surface area contributed by atoms with Crippen LogP contribution in [0, 0.1) is 23.7 Å². The Morgan fingerprint density at radius 2 is 1.76 bits per heavy atom. The fourth-order valence-electron chi connectivity index (χ4n) is 6.29. The standard InChI is InChI=1S/C20H24O5/c1-12(21)23-18-5-3-4-15(11-18)20(22-2)19(24-25-20)16-7-13-6-14(9-16)10-17(19)8-13/h3-5,11,13-14,16-17H,6-10H2,1-2H3. The van der Waals surface area contributed by atoms with Crippen LogP contribution in [-0.4, -0.2) is 18.7 Å². The van der Waals surface area contributed by atoms with E-state index < -0.39 is 11.4 Å². The van der Waals surface area contributed by atoms with Gasteiger partial charge in [-0.05, 0) is 67.9 Å². The molecule has 1 atom stereocenters. The van der Waals surface area contributed by atoms with E-state index in [1.165, 1.54) is 39.0 Å². The van der Waals surface area contributed by atoms with Gasteiger partial charge in [-0.15, -0.1) is 0 Å². The van der Waals surface area contributed by atoms with Crippen molar-refractivity contribution in [3.63, 3.8) is 0 Å². The summed E-state index contributed by atoms with van der Waals surface area (Å²) in [6.07, 6.45) is 6.18. The van der Waals surface area contributed by atoms with Crippen molar-refractivity contribution in [2.75, 3.05) is 7.11 Å². The Hall–Kier alpha value is -1.43. The van der Waals surface area contributed by atoms with Crippen LogP contribution in [0.3, 0.4) is 0 Å². The summed E-state index contributed by atoms with van der Waals surface area (Å²) in [5.74, 6) is 1.86. The maximum Gasteiger partial charge on any atom is 0.308 e. The van der Waals surface area contributed by atoms with Crippen LogP contribution in [0.5, 0.6) is 5.75 Å². The summed E-state index contributed by atoms with van der Waals surface area (Å²) in [7, 11) is 1.69. The van der Waals surface area contributed by atoms with E-state index in [0.29, 0.717) is 17.6 Å². The first-order valence-electron chi connectivity index (χ1n) is 9.28. The molecule has 25 heavy (non-hydrogen) atoms. The molecule has 1 saturated heterocycles.